The molecule has 0 saturated heterocycles. The summed E-state index contributed by atoms with van der Waals surface area (Å²) >= 11 is 0. The Morgan fingerprint density at radius 1 is 1.22 bits per heavy atom. The number of hydrogen-bond acceptors (Lipinski definition) is 5. The Morgan fingerprint density at radius 3 is 2.26 bits per heavy atom. The predicted octanol–water partition coefficient (Wildman–Crippen LogP) is 0.469. The molecule has 9 heteroatoms. The minimum atomic E-state index is -3.77. The second-order valence-electron chi connectivity index (χ2n) is 4.63. The van der Waals surface area contributed by atoms with E-state index in [1.165, 1.54) is 26.2 Å². The van der Waals surface area contributed by atoms with Crippen molar-refractivity contribution in [2.45, 2.75) is 4.90 Å². The zero-order valence-electron chi connectivity index (χ0n) is 13.3. The molecule has 0 unspecified atom stereocenters. The second-order valence-corrected chi connectivity index (χ2v) is 6.51. The van der Waals surface area contributed by atoms with E-state index in [4.69, 9.17) is 9.47 Å². The van der Waals surface area contributed by atoms with E-state index in [9.17, 15) is 17.6 Å². The molecule has 0 heterocycles. The Hall–Kier alpha value is -1.55. The van der Waals surface area contributed by atoms with Crippen LogP contribution in [-0.4, -0.2) is 66.8 Å². The van der Waals surface area contributed by atoms with Crippen molar-refractivity contribution in [1.82, 2.24) is 9.62 Å². The highest BCUT2D eigenvalue weighted by atomic mass is 32.2. The van der Waals surface area contributed by atoms with Gasteiger partial charge in [0.15, 0.2) is 0 Å². The molecule has 0 radical (unpaired) electrons. The Balaban J connectivity index is 3.14. The Morgan fingerprint density at radius 2 is 1.78 bits per heavy atom. The number of ether oxygens (including phenoxy) is 2. The number of halogens is 1. The monoisotopic (exact) mass is 348 g/mol. The summed E-state index contributed by atoms with van der Waals surface area (Å²) in [6.07, 6.45) is 0. The summed E-state index contributed by atoms with van der Waals surface area (Å²) < 4.78 is 49.6. The van der Waals surface area contributed by atoms with Gasteiger partial charge in [0.1, 0.15) is 5.82 Å². The molecule has 130 valence electrons. The average molecular weight is 348 g/mol. The molecule has 1 rings (SSSR count). The third-order valence-corrected chi connectivity index (χ3v) is 4.58. The van der Waals surface area contributed by atoms with E-state index < -0.39 is 21.7 Å². The molecule has 1 N–H and O–H groups in total. The number of amides is 1. The van der Waals surface area contributed by atoms with Crippen molar-refractivity contribution in [3.63, 3.8) is 0 Å². The first-order valence-electron chi connectivity index (χ1n) is 6.87. The molecular formula is C14H21FN2O5S. The molecule has 0 aliphatic rings. The van der Waals surface area contributed by atoms with Crippen molar-refractivity contribution in [3.8, 4) is 0 Å². The van der Waals surface area contributed by atoms with Crippen molar-refractivity contribution in [3.05, 3.63) is 29.6 Å². The molecular weight excluding hydrogens is 327 g/mol. The van der Waals surface area contributed by atoms with Crippen LogP contribution >= 0.6 is 0 Å². The number of rotatable bonds is 9. The minimum Gasteiger partial charge on any atom is -0.383 e. The van der Waals surface area contributed by atoms with Gasteiger partial charge in [0.05, 0.1) is 23.7 Å². The fraction of sp³-hybridized carbons (Fsp3) is 0.500. The van der Waals surface area contributed by atoms with Crippen molar-refractivity contribution in [1.29, 1.82) is 0 Å². The van der Waals surface area contributed by atoms with Crippen LogP contribution in [0.4, 0.5) is 4.39 Å². The maximum Gasteiger partial charge on any atom is 0.257 e. The smallest absolute Gasteiger partial charge is 0.257 e. The third kappa shape index (κ3) is 5.24. The third-order valence-electron chi connectivity index (χ3n) is 3.17. The predicted molar refractivity (Wildman–Crippen MR) is 82.3 cm³/mol. The quantitative estimate of drug-likeness (QED) is 0.701. The normalized spacial score (nSPS) is 11.5. The fourth-order valence-electron chi connectivity index (χ4n) is 1.84. The van der Waals surface area contributed by atoms with Crippen LogP contribution in [0.2, 0.25) is 0 Å². The number of nitrogens with one attached hydrogen (secondary N) is 1. The number of nitrogens with zero attached hydrogens (tertiary/aromatic N) is 1. The van der Waals surface area contributed by atoms with Crippen molar-refractivity contribution >= 4 is 15.9 Å². The van der Waals surface area contributed by atoms with Crippen LogP contribution in [0.15, 0.2) is 23.1 Å². The van der Waals surface area contributed by atoms with E-state index in [1.807, 2.05) is 0 Å². The molecule has 0 bridgehead atoms. The number of hydrogen-bond donors (Lipinski definition) is 1. The molecule has 23 heavy (non-hydrogen) atoms. The molecule has 1 amide bonds. The molecule has 0 saturated carbocycles. The molecule has 1 aromatic rings. The first-order valence-corrected chi connectivity index (χ1v) is 8.36. The van der Waals surface area contributed by atoms with Crippen LogP contribution < -0.4 is 4.72 Å². The molecule has 0 aliphatic heterocycles. The average Bonchev–Trinajstić information content (AvgIpc) is 2.54. The number of benzene rings is 1. The molecule has 0 aromatic heterocycles. The van der Waals surface area contributed by atoms with Gasteiger partial charge >= 0.3 is 0 Å². The first-order chi connectivity index (χ1) is 10.9. The summed E-state index contributed by atoms with van der Waals surface area (Å²) in [5.74, 6) is -1.41. The number of carbonyl (C=O) groups excluding carboxylic acids is 1. The van der Waals surface area contributed by atoms with E-state index in [1.54, 1.807) is 0 Å². The summed E-state index contributed by atoms with van der Waals surface area (Å²) in [5, 5.41) is 0. The summed E-state index contributed by atoms with van der Waals surface area (Å²) in [4.78, 5) is 13.7. The van der Waals surface area contributed by atoms with Gasteiger partial charge in [-0.1, -0.05) is 0 Å². The lowest BCUT2D eigenvalue weighted by Crippen LogP contribution is -2.37. The van der Waals surface area contributed by atoms with Crippen molar-refractivity contribution in [2.75, 3.05) is 47.6 Å². The van der Waals surface area contributed by atoms with Gasteiger partial charge in [0.2, 0.25) is 10.0 Å². The van der Waals surface area contributed by atoms with Gasteiger partial charge in [-0.2, -0.15) is 0 Å². The van der Waals surface area contributed by atoms with Gasteiger partial charge in [-0.05, 0) is 25.2 Å². The molecule has 1 aromatic carbocycles. The maximum atomic E-state index is 14.0. The van der Waals surface area contributed by atoms with Crippen molar-refractivity contribution in [2.24, 2.45) is 0 Å². The van der Waals surface area contributed by atoms with E-state index >= 15 is 0 Å². The summed E-state index contributed by atoms with van der Waals surface area (Å²) in [6.45, 7) is 1.01. The van der Waals surface area contributed by atoms with Crippen LogP contribution in [0.1, 0.15) is 10.4 Å². The molecule has 0 spiro atoms. The van der Waals surface area contributed by atoms with E-state index in [-0.39, 0.29) is 36.8 Å². The van der Waals surface area contributed by atoms with Gasteiger partial charge in [0, 0.05) is 27.3 Å². The topological polar surface area (TPSA) is 84.9 Å². The van der Waals surface area contributed by atoms with Crippen LogP contribution in [0.25, 0.3) is 0 Å². The van der Waals surface area contributed by atoms with Gasteiger partial charge < -0.3 is 14.4 Å². The van der Waals surface area contributed by atoms with Crippen LogP contribution in [-0.2, 0) is 19.5 Å². The number of methoxy groups -OCH3 is 2. The highest BCUT2D eigenvalue weighted by Crippen LogP contribution is 2.17. The van der Waals surface area contributed by atoms with E-state index in [2.05, 4.69) is 4.72 Å². The Labute approximate surface area is 135 Å². The second kappa shape index (κ2) is 8.92. The lowest BCUT2D eigenvalue weighted by Gasteiger charge is -2.22. The van der Waals surface area contributed by atoms with Crippen LogP contribution in [0, 0.1) is 5.82 Å². The number of sulfonamides is 1. The summed E-state index contributed by atoms with van der Waals surface area (Å²) in [5.41, 5.74) is -0.312. The van der Waals surface area contributed by atoms with Gasteiger partial charge in [-0.25, -0.2) is 17.5 Å². The van der Waals surface area contributed by atoms with E-state index in [0.29, 0.717) is 0 Å². The minimum absolute atomic E-state index is 0.178. The van der Waals surface area contributed by atoms with Crippen LogP contribution in [0.5, 0.6) is 0 Å². The molecule has 0 atom stereocenters. The summed E-state index contributed by atoms with van der Waals surface area (Å²) in [7, 11) is 0.444. The summed E-state index contributed by atoms with van der Waals surface area (Å²) in [6, 6.07) is 3.09. The Kier molecular flexibility index (Phi) is 7.56. The number of carbonyl (C=O) groups is 1. The largest absolute Gasteiger partial charge is 0.383 e. The molecule has 0 fully saturated rings. The zero-order chi connectivity index (χ0) is 17.5. The van der Waals surface area contributed by atoms with Crippen LogP contribution in [0.3, 0.4) is 0 Å². The van der Waals surface area contributed by atoms with Gasteiger partial charge in [-0.15, -0.1) is 0 Å². The standard InChI is InChI=1S/C14H21FN2O5S/c1-16-23(19,20)11-4-5-13(15)12(10-11)14(18)17(6-8-21-2)7-9-22-3/h4-5,10,16H,6-9H2,1-3H3. The first kappa shape index (κ1) is 19.5. The van der Waals surface area contributed by atoms with E-state index in [0.717, 1.165) is 18.2 Å². The highest BCUT2D eigenvalue weighted by molar-refractivity contribution is 7.89. The fourth-order valence-corrected chi connectivity index (χ4v) is 2.60. The Bertz CT molecular complexity index is 628. The molecule has 7 nitrogen and oxygen atoms in total. The SMILES string of the molecule is CNS(=O)(=O)c1ccc(F)c(C(=O)N(CCOC)CCOC)c1. The lowest BCUT2D eigenvalue weighted by atomic mass is 10.2. The van der Waals surface area contributed by atoms with Gasteiger partial charge in [-0.3, -0.25) is 4.79 Å². The highest BCUT2D eigenvalue weighted by Gasteiger charge is 2.22. The van der Waals surface area contributed by atoms with Gasteiger partial charge in [0.25, 0.3) is 5.91 Å². The van der Waals surface area contributed by atoms with Crippen molar-refractivity contribution < 1.29 is 27.1 Å². The zero-order valence-corrected chi connectivity index (χ0v) is 14.2. The molecule has 0 aliphatic carbocycles. The lowest BCUT2D eigenvalue weighted by molar-refractivity contribution is 0.0622. The maximum absolute atomic E-state index is 14.0.